The molecule has 1 aromatic carbocycles. The van der Waals surface area contributed by atoms with E-state index in [1.807, 2.05) is 0 Å². The van der Waals surface area contributed by atoms with Crippen molar-refractivity contribution in [3.8, 4) is 0 Å². The Balaban J connectivity index is 1.65. The summed E-state index contributed by atoms with van der Waals surface area (Å²) < 4.78 is 0. The highest BCUT2D eigenvalue weighted by atomic mass is 16.2. The number of benzene rings is 1. The third-order valence-corrected chi connectivity index (χ3v) is 5.76. The molecule has 2 atom stereocenters. The maximum atomic E-state index is 12.8. The number of rotatable bonds is 6. The van der Waals surface area contributed by atoms with Gasteiger partial charge in [-0.2, -0.15) is 0 Å². The fourth-order valence-electron chi connectivity index (χ4n) is 4.33. The molecule has 24 heavy (non-hydrogen) atoms. The lowest BCUT2D eigenvalue weighted by Gasteiger charge is -2.32. The fourth-order valence-corrected chi connectivity index (χ4v) is 4.33. The summed E-state index contributed by atoms with van der Waals surface area (Å²) in [6.07, 6.45) is 8.98. The van der Waals surface area contributed by atoms with Gasteiger partial charge in [0.2, 0.25) is 5.91 Å². The first-order chi connectivity index (χ1) is 11.7. The predicted octanol–water partition coefficient (Wildman–Crippen LogP) is 4.16. The summed E-state index contributed by atoms with van der Waals surface area (Å²) in [7, 11) is 0. The maximum absolute atomic E-state index is 12.8. The first-order valence-corrected chi connectivity index (χ1v) is 9.81. The van der Waals surface area contributed by atoms with Gasteiger partial charge in [0.05, 0.1) is 6.04 Å². The van der Waals surface area contributed by atoms with Crippen LogP contribution < -0.4 is 5.32 Å². The molecule has 1 aliphatic carbocycles. The molecule has 0 spiro atoms. The van der Waals surface area contributed by atoms with E-state index >= 15 is 0 Å². The predicted molar refractivity (Wildman–Crippen MR) is 98.7 cm³/mol. The zero-order valence-corrected chi connectivity index (χ0v) is 15.0. The van der Waals surface area contributed by atoms with Gasteiger partial charge < -0.3 is 10.2 Å². The molecule has 1 aromatic rings. The lowest BCUT2D eigenvalue weighted by atomic mass is 9.81. The molecule has 1 heterocycles. The Bertz CT molecular complexity index is 504. The standard InChI is InChI=1S/C21H32N2O/c1-17(16-23-14-8-9-15-23)21(24)22-20(18-10-4-2-5-11-18)19-12-6-3-7-13-19/h2,4-5,10-11,17,19-20H,3,6-9,12-16H2,1H3,(H,22,24). The van der Waals surface area contributed by atoms with Crippen LogP contribution in [0.15, 0.2) is 30.3 Å². The summed E-state index contributed by atoms with van der Waals surface area (Å²) >= 11 is 0. The molecule has 0 aromatic heterocycles. The van der Waals surface area contributed by atoms with Gasteiger partial charge in [-0.25, -0.2) is 0 Å². The molecule has 132 valence electrons. The minimum atomic E-state index is 0.0675. The summed E-state index contributed by atoms with van der Waals surface area (Å²) in [6.45, 7) is 5.29. The Morgan fingerprint density at radius 3 is 2.42 bits per heavy atom. The van der Waals surface area contributed by atoms with Crippen molar-refractivity contribution in [2.75, 3.05) is 19.6 Å². The highest BCUT2D eigenvalue weighted by Gasteiger charge is 2.28. The van der Waals surface area contributed by atoms with Crippen LogP contribution in [0.2, 0.25) is 0 Å². The lowest BCUT2D eigenvalue weighted by molar-refractivity contribution is -0.126. The smallest absolute Gasteiger partial charge is 0.224 e. The zero-order chi connectivity index (χ0) is 16.8. The average Bonchev–Trinajstić information content (AvgIpc) is 3.14. The van der Waals surface area contributed by atoms with Crippen molar-refractivity contribution in [3.63, 3.8) is 0 Å². The molecule has 3 nitrogen and oxygen atoms in total. The molecule has 3 heteroatoms. The van der Waals surface area contributed by atoms with Crippen LogP contribution in [0.4, 0.5) is 0 Å². The minimum Gasteiger partial charge on any atom is -0.349 e. The number of amides is 1. The molecule has 1 N–H and O–H groups in total. The molecular formula is C21H32N2O. The molecule has 2 aliphatic rings. The van der Waals surface area contributed by atoms with Gasteiger partial charge in [0.1, 0.15) is 0 Å². The van der Waals surface area contributed by atoms with Gasteiger partial charge in [0.25, 0.3) is 0 Å². The van der Waals surface area contributed by atoms with Crippen molar-refractivity contribution < 1.29 is 4.79 Å². The second-order valence-electron chi connectivity index (χ2n) is 7.70. The topological polar surface area (TPSA) is 32.3 Å². The number of nitrogens with one attached hydrogen (secondary N) is 1. The molecule has 2 fully saturated rings. The second kappa shape index (κ2) is 8.66. The van der Waals surface area contributed by atoms with Crippen molar-refractivity contribution in [3.05, 3.63) is 35.9 Å². The van der Waals surface area contributed by atoms with E-state index in [-0.39, 0.29) is 17.9 Å². The van der Waals surface area contributed by atoms with Crippen LogP contribution in [0.1, 0.15) is 63.5 Å². The fraction of sp³-hybridized carbons (Fsp3) is 0.667. The molecule has 0 bridgehead atoms. The first-order valence-electron chi connectivity index (χ1n) is 9.81. The van der Waals surface area contributed by atoms with Gasteiger partial charge in [-0.15, -0.1) is 0 Å². The Morgan fingerprint density at radius 1 is 1.08 bits per heavy atom. The van der Waals surface area contributed by atoms with Gasteiger partial charge in [-0.05, 0) is 50.3 Å². The minimum absolute atomic E-state index is 0.0675. The quantitative estimate of drug-likeness (QED) is 0.850. The summed E-state index contributed by atoms with van der Waals surface area (Å²) in [6, 6.07) is 10.8. The number of carbonyl (C=O) groups is 1. The largest absolute Gasteiger partial charge is 0.349 e. The molecule has 1 amide bonds. The zero-order valence-electron chi connectivity index (χ0n) is 15.0. The van der Waals surface area contributed by atoms with E-state index in [4.69, 9.17) is 0 Å². The number of hydrogen-bond acceptors (Lipinski definition) is 2. The van der Waals surface area contributed by atoms with Crippen LogP contribution in [-0.2, 0) is 4.79 Å². The van der Waals surface area contributed by atoms with Gasteiger partial charge in [0.15, 0.2) is 0 Å². The molecule has 0 radical (unpaired) electrons. The van der Waals surface area contributed by atoms with Gasteiger partial charge in [0, 0.05) is 12.5 Å². The van der Waals surface area contributed by atoms with E-state index in [2.05, 4.69) is 47.5 Å². The van der Waals surface area contributed by atoms with Gasteiger partial charge >= 0.3 is 0 Å². The highest BCUT2D eigenvalue weighted by Crippen LogP contribution is 2.34. The van der Waals surface area contributed by atoms with E-state index in [9.17, 15) is 4.79 Å². The van der Waals surface area contributed by atoms with Gasteiger partial charge in [-0.1, -0.05) is 56.5 Å². The Hall–Kier alpha value is -1.35. The van der Waals surface area contributed by atoms with Crippen molar-refractivity contribution >= 4 is 5.91 Å². The van der Waals surface area contributed by atoms with Crippen molar-refractivity contribution in [1.29, 1.82) is 0 Å². The number of hydrogen-bond donors (Lipinski definition) is 1. The maximum Gasteiger partial charge on any atom is 0.224 e. The SMILES string of the molecule is CC(CN1CCCC1)C(=O)NC(c1ccccc1)C1CCCCC1. The van der Waals surface area contributed by atoms with E-state index in [1.54, 1.807) is 0 Å². The number of carbonyl (C=O) groups excluding carboxylic acids is 1. The Kier molecular flexibility index (Phi) is 6.30. The van der Waals surface area contributed by atoms with Crippen molar-refractivity contribution in [2.24, 2.45) is 11.8 Å². The molecule has 1 saturated carbocycles. The van der Waals surface area contributed by atoms with Crippen LogP contribution in [-0.4, -0.2) is 30.4 Å². The molecule has 3 rings (SSSR count). The number of likely N-dealkylation sites (tertiary alicyclic amines) is 1. The van der Waals surface area contributed by atoms with Crippen LogP contribution in [0.3, 0.4) is 0 Å². The van der Waals surface area contributed by atoms with Crippen LogP contribution in [0.5, 0.6) is 0 Å². The molecular weight excluding hydrogens is 296 g/mol. The van der Waals surface area contributed by atoms with E-state index in [0.717, 1.165) is 19.6 Å². The van der Waals surface area contributed by atoms with Crippen LogP contribution >= 0.6 is 0 Å². The molecule has 1 aliphatic heterocycles. The van der Waals surface area contributed by atoms with E-state index in [1.165, 1.54) is 50.5 Å². The Morgan fingerprint density at radius 2 is 1.75 bits per heavy atom. The number of nitrogens with zero attached hydrogens (tertiary/aromatic N) is 1. The first kappa shape index (κ1) is 17.5. The second-order valence-corrected chi connectivity index (χ2v) is 7.70. The molecule has 1 saturated heterocycles. The highest BCUT2D eigenvalue weighted by molar-refractivity contribution is 5.79. The average molecular weight is 329 g/mol. The molecule has 2 unspecified atom stereocenters. The monoisotopic (exact) mass is 328 g/mol. The third kappa shape index (κ3) is 4.60. The summed E-state index contributed by atoms with van der Waals surface area (Å²) in [5.41, 5.74) is 1.27. The lowest BCUT2D eigenvalue weighted by Crippen LogP contribution is -2.40. The van der Waals surface area contributed by atoms with Crippen molar-refractivity contribution in [2.45, 2.75) is 57.9 Å². The summed E-state index contributed by atoms with van der Waals surface area (Å²) in [5, 5.41) is 3.41. The third-order valence-electron chi connectivity index (χ3n) is 5.76. The Labute approximate surface area is 146 Å². The van der Waals surface area contributed by atoms with Crippen LogP contribution in [0.25, 0.3) is 0 Å². The van der Waals surface area contributed by atoms with E-state index in [0.29, 0.717) is 5.92 Å². The van der Waals surface area contributed by atoms with E-state index < -0.39 is 0 Å². The van der Waals surface area contributed by atoms with Crippen LogP contribution in [0, 0.1) is 11.8 Å². The van der Waals surface area contributed by atoms with Crippen molar-refractivity contribution in [1.82, 2.24) is 10.2 Å². The summed E-state index contributed by atoms with van der Waals surface area (Å²) in [4.78, 5) is 15.3. The summed E-state index contributed by atoms with van der Waals surface area (Å²) in [5.74, 6) is 0.878. The normalized spacial score (nSPS) is 22.2. The van der Waals surface area contributed by atoms with Gasteiger partial charge in [-0.3, -0.25) is 4.79 Å².